The van der Waals surface area contributed by atoms with Gasteiger partial charge in [0.1, 0.15) is 36.0 Å². The van der Waals surface area contributed by atoms with Crippen molar-refractivity contribution < 1.29 is 34.3 Å². The van der Waals surface area contributed by atoms with Crippen molar-refractivity contribution in [1.29, 1.82) is 0 Å². The first-order valence-corrected chi connectivity index (χ1v) is 11.6. The highest BCUT2D eigenvalue weighted by Gasteiger charge is 2.44. The molecule has 0 aliphatic carbocycles. The standard InChI is InChI=1S/C23H25ClFNO6S/c1-11(2)31-12-6-7-17(15(25)8-12)33-18-9-26(19-13(18)4-3-5-14(19)24)23-22(30)21(29)20(28)16(10-27)32-23/h3-9,11,16,20-23,27-30H,10H2,1-2H3/t16-,20-,21+,22-,23-/m1/s1. The molecule has 1 saturated heterocycles. The number of benzene rings is 2. The molecule has 178 valence electrons. The van der Waals surface area contributed by atoms with Crippen molar-refractivity contribution in [2.45, 2.75) is 60.4 Å². The van der Waals surface area contributed by atoms with Crippen LogP contribution in [-0.2, 0) is 4.74 Å². The van der Waals surface area contributed by atoms with Gasteiger partial charge in [-0.15, -0.1) is 0 Å². The van der Waals surface area contributed by atoms with Crippen LogP contribution in [0.15, 0.2) is 52.4 Å². The molecule has 0 radical (unpaired) electrons. The lowest BCUT2D eigenvalue weighted by Crippen LogP contribution is -2.56. The molecular weight excluding hydrogens is 473 g/mol. The number of fused-ring (bicyclic) bond motifs is 1. The molecule has 7 nitrogen and oxygen atoms in total. The Hall–Kier alpha value is -1.85. The van der Waals surface area contributed by atoms with Gasteiger partial charge in [-0.25, -0.2) is 4.39 Å². The summed E-state index contributed by atoms with van der Waals surface area (Å²) in [6.07, 6.45) is -5.15. The Morgan fingerprint density at radius 2 is 1.88 bits per heavy atom. The zero-order chi connectivity index (χ0) is 23.9. The first-order chi connectivity index (χ1) is 15.7. The molecule has 2 aromatic carbocycles. The van der Waals surface area contributed by atoms with Crippen LogP contribution in [0.5, 0.6) is 5.75 Å². The molecule has 0 unspecified atom stereocenters. The van der Waals surface area contributed by atoms with Crippen LogP contribution >= 0.6 is 23.4 Å². The highest BCUT2D eigenvalue weighted by molar-refractivity contribution is 7.99. The van der Waals surface area contributed by atoms with Crippen LogP contribution in [0.3, 0.4) is 0 Å². The monoisotopic (exact) mass is 497 g/mol. The number of nitrogens with zero attached hydrogens (tertiary/aromatic N) is 1. The van der Waals surface area contributed by atoms with E-state index in [2.05, 4.69) is 0 Å². The fourth-order valence-corrected chi connectivity index (χ4v) is 5.10. The summed E-state index contributed by atoms with van der Waals surface area (Å²) < 4.78 is 27.6. The van der Waals surface area contributed by atoms with Crippen LogP contribution in [0.25, 0.3) is 10.9 Å². The molecule has 1 fully saturated rings. The Kier molecular flexibility index (Phi) is 7.20. The van der Waals surface area contributed by atoms with Gasteiger partial charge in [-0.05, 0) is 32.0 Å². The molecule has 0 spiro atoms. The summed E-state index contributed by atoms with van der Waals surface area (Å²) >= 11 is 7.63. The van der Waals surface area contributed by atoms with Crippen LogP contribution < -0.4 is 4.74 Å². The summed E-state index contributed by atoms with van der Waals surface area (Å²) in [5.41, 5.74) is 0.506. The topological polar surface area (TPSA) is 104 Å². The smallest absolute Gasteiger partial charge is 0.163 e. The van der Waals surface area contributed by atoms with Crippen molar-refractivity contribution in [2.75, 3.05) is 6.61 Å². The van der Waals surface area contributed by atoms with Crippen molar-refractivity contribution in [3.05, 3.63) is 53.4 Å². The van der Waals surface area contributed by atoms with Crippen molar-refractivity contribution >= 4 is 34.3 Å². The molecule has 1 aromatic heterocycles. The number of aliphatic hydroxyl groups is 4. The van der Waals surface area contributed by atoms with E-state index in [4.69, 9.17) is 21.1 Å². The fourth-order valence-electron chi connectivity index (χ4n) is 3.86. The highest BCUT2D eigenvalue weighted by Crippen LogP contribution is 2.42. The van der Waals surface area contributed by atoms with Gasteiger partial charge in [-0.3, -0.25) is 0 Å². The van der Waals surface area contributed by atoms with Crippen LogP contribution in [0, 0.1) is 5.82 Å². The number of aliphatic hydroxyl groups excluding tert-OH is 4. The average Bonchev–Trinajstić information content (AvgIpc) is 3.13. The van der Waals surface area contributed by atoms with E-state index in [1.807, 2.05) is 13.8 Å². The Bertz CT molecular complexity index is 1140. The van der Waals surface area contributed by atoms with Gasteiger partial charge in [-0.1, -0.05) is 35.5 Å². The van der Waals surface area contributed by atoms with Gasteiger partial charge >= 0.3 is 0 Å². The Morgan fingerprint density at radius 1 is 1.12 bits per heavy atom. The molecule has 0 amide bonds. The minimum absolute atomic E-state index is 0.0819. The number of halogens is 2. The molecular formula is C23H25ClFNO6S. The number of para-hydroxylation sites is 1. The maximum atomic E-state index is 14.8. The number of hydrogen-bond donors (Lipinski definition) is 4. The maximum absolute atomic E-state index is 14.8. The second kappa shape index (κ2) is 9.79. The molecule has 4 N–H and O–H groups in total. The Morgan fingerprint density at radius 3 is 2.55 bits per heavy atom. The van der Waals surface area contributed by atoms with E-state index >= 15 is 0 Å². The summed E-state index contributed by atoms with van der Waals surface area (Å²) in [6, 6.07) is 9.86. The summed E-state index contributed by atoms with van der Waals surface area (Å²) in [6.45, 7) is 3.17. The van der Waals surface area contributed by atoms with Gasteiger partial charge in [0.25, 0.3) is 0 Å². The van der Waals surface area contributed by atoms with Gasteiger partial charge in [0.05, 0.1) is 23.3 Å². The number of hydrogen-bond acceptors (Lipinski definition) is 7. The molecule has 10 heteroatoms. The highest BCUT2D eigenvalue weighted by atomic mass is 35.5. The van der Waals surface area contributed by atoms with E-state index in [1.54, 1.807) is 36.5 Å². The van der Waals surface area contributed by atoms with Crippen molar-refractivity contribution in [2.24, 2.45) is 0 Å². The molecule has 0 saturated carbocycles. The van der Waals surface area contributed by atoms with Gasteiger partial charge in [0, 0.05) is 27.4 Å². The summed E-state index contributed by atoms with van der Waals surface area (Å²) in [4.78, 5) is 1.000. The third-order valence-corrected chi connectivity index (χ3v) is 6.80. The number of aromatic nitrogens is 1. The van der Waals surface area contributed by atoms with Gasteiger partial charge in [0.2, 0.25) is 0 Å². The molecule has 0 bridgehead atoms. The first kappa shape index (κ1) is 24.3. The molecule has 1 aliphatic rings. The second-order valence-electron chi connectivity index (χ2n) is 8.12. The quantitative estimate of drug-likeness (QED) is 0.414. The SMILES string of the molecule is CC(C)Oc1ccc(Sc2cn([C@@H]3O[C@H](CO)[C@@H](O)[C@H](O)[C@H]3O)c3c(Cl)cccc23)c(F)c1. The summed E-state index contributed by atoms with van der Waals surface area (Å²) in [5.74, 6) is -0.0208. The summed E-state index contributed by atoms with van der Waals surface area (Å²) in [5, 5.41) is 41.5. The van der Waals surface area contributed by atoms with Crippen LogP contribution in [0.1, 0.15) is 20.1 Å². The van der Waals surface area contributed by atoms with Crippen LogP contribution in [0.4, 0.5) is 4.39 Å². The van der Waals surface area contributed by atoms with Gasteiger partial charge < -0.3 is 34.5 Å². The van der Waals surface area contributed by atoms with Crippen molar-refractivity contribution in [3.8, 4) is 5.75 Å². The third-order valence-electron chi connectivity index (χ3n) is 5.40. The van der Waals surface area contributed by atoms with E-state index in [-0.39, 0.29) is 6.10 Å². The minimum Gasteiger partial charge on any atom is -0.491 e. The predicted molar refractivity (Wildman–Crippen MR) is 122 cm³/mol. The molecule has 1 aliphatic heterocycles. The largest absolute Gasteiger partial charge is 0.491 e. The lowest BCUT2D eigenvalue weighted by atomic mass is 9.98. The molecule has 4 rings (SSSR count). The van der Waals surface area contributed by atoms with Crippen molar-refractivity contribution in [1.82, 2.24) is 4.57 Å². The Labute approximate surface area is 199 Å². The van der Waals surface area contributed by atoms with Gasteiger partial charge in [-0.2, -0.15) is 0 Å². The number of rotatable bonds is 6. The van der Waals surface area contributed by atoms with E-state index < -0.39 is 43.1 Å². The zero-order valence-electron chi connectivity index (χ0n) is 17.9. The molecule has 33 heavy (non-hydrogen) atoms. The van der Waals surface area contributed by atoms with Crippen LogP contribution in [0.2, 0.25) is 5.02 Å². The molecule has 3 aromatic rings. The first-order valence-electron chi connectivity index (χ1n) is 10.4. The van der Waals surface area contributed by atoms with E-state index in [1.165, 1.54) is 22.4 Å². The lowest BCUT2D eigenvalue weighted by Gasteiger charge is -2.40. The minimum atomic E-state index is -1.54. The van der Waals surface area contributed by atoms with Crippen LogP contribution in [-0.4, -0.2) is 62.1 Å². The maximum Gasteiger partial charge on any atom is 0.163 e. The predicted octanol–water partition coefficient (Wildman–Crippen LogP) is 3.34. The molecule has 2 heterocycles. The van der Waals surface area contributed by atoms with E-state index in [0.717, 1.165) is 0 Å². The molecule has 5 atom stereocenters. The van der Waals surface area contributed by atoms with Crippen molar-refractivity contribution in [3.63, 3.8) is 0 Å². The average molecular weight is 498 g/mol. The van der Waals surface area contributed by atoms with E-state index in [0.29, 0.717) is 31.5 Å². The van der Waals surface area contributed by atoms with Gasteiger partial charge in [0.15, 0.2) is 6.23 Å². The Balaban J connectivity index is 1.74. The fraction of sp³-hybridized carbons (Fsp3) is 0.391. The van der Waals surface area contributed by atoms with E-state index in [9.17, 15) is 24.8 Å². The lowest BCUT2D eigenvalue weighted by molar-refractivity contribution is -0.250. The zero-order valence-corrected chi connectivity index (χ0v) is 19.5. The second-order valence-corrected chi connectivity index (χ2v) is 9.61. The number of ether oxygens (including phenoxy) is 2. The summed E-state index contributed by atoms with van der Waals surface area (Å²) in [7, 11) is 0. The third kappa shape index (κ3) is 4.72. The normalized spacial score (nSPS) is 25.7.